The second-order valence-corrected chi connectivity index (χ2v) is 11.5. The Morgan fingerprint density at radius 1 is 1.21 bits per heavy atom. The maximum absolute atomic E-state index is 14.9. The molecular formula is C30H35FN4O6S. The van der Waals surface area contributed by atoms with Crippen LogP contribution in [0.15, 0.2) is 41.2 Å². The highest BCUT2D eigenvalue weighted by atomic mass is 32.1. The van der Waals surface area contributed by atoms with E-state index in [0.29, 0.717) is 52.5 Å². The maximum atomic E-state index is 14.9. The monoisotopic (exact) mass is 598 g/mol. The summed E-state index contributed by atoms with van der Waals surface area (Å²) in [5.41, 5.74) is 3.22. The topological polar surface area (TPSA) is 140 Å². The number of aliphatic hydroxyl groups excluding tert-OH is 1. The zero-order valence-electron chi connectivity index (χ0n) is 23.5. The highest BCUT2D eigenvalue weighted by Crippen LogP contribution is 2.28. The van der Waals surface area contributed by atoms with Gasteiger partial charge in [0.25, 0.3) is 0 Å². The third kappa shape index (κ3) is 6.77. The molecule has 5 rings (SSSR count). The third-order valence-corrected chi connectivity index (χ3v) is 8.31. The van der Waals surface area contributed by atoms with Gasteiger partial charge < -0.3 is 34.9 Å². The number of rotatable bonds is 11. The fourth-order valence-corrected chi connectivity index (χ4v) is 6.07. The first-order valence-electron chi connectivity index (χ1n) is 14.0. The van der Waals surface area contributed by atoms with Gasteiger partial charge in [0.1, 0.15) is 24.3 Å². The number of fused-ring (bicyclic) bond motifs is 1. The number of halogens is 1. The minimum Gasteiger partial charge on any atom is -0.494 e. The summed E-state index contributed by atoms with van der Waals surface area (Å²) in [6.07, 6.45) is 1.12. The van der Waals surface area contributed by atoms with Crippen molar-refractivity contribution in [2.24, 2.45) is 0 Å². The zero-order valence-corrected chi connectivity index (χ0v) is 24.4. The summed E-state index contributed by atoms with van der Waals surface area (Å²) in [6.45, 7) is 5.65. The molecule has 4 aromatic rings. The predicted octanol–water partition coefficient (Wildman–Crippen LogP) is 3.84. The highest BCUT2D eigenvalue weighted by molar-refractivity contribution is 7.09. The van der Waals surface area contributed by atoms with Crippen LogP contribution in [0.2, 0.25) is 0 Å². The Morgan fingerprint density at radius 2 is 2.00 bits per heavy atom. The van der Waals surface area contributed by atoms with Gasteiger partial charge in [-0.3, -0.25) is 9.78 Å². The number of carbonyl (C=O) groups excluding carboxylic acids is 1. The van der Waals surface area contributed by atoms with E-state index < -0.39 is 6.10 Å². The van der Waals surface area contributed by atoms with Gasteiger partial charge in [0, 0.05) is 48.7 Å². The summed E-state index contributed by atoms with van der Waals surface area (Å²) in [5.74, 6) is -0.342. The number of anilines is 1. The van der Waals surface area contributed by atoms with Gasteiger partial charge in [-0.2, -0.15) is 0 Å². The van der Waals surface area contributed by atoms with Crippen molar-refractivity contribution in [2.75, 3.05) is 37.7 Å². The molecule has 0 bridgehead atoms. The van der Waals surface area contributed by atoms with E-state index in [4.69, 9.17) is 9.47 Å². The second kappa shape index (κ2) is 13.0. The number of ether oxygens (including phenoxy) is 2. The number of hydrogen-bond acceptors (Lipinski definition) is 9. The van der Waals surface area contributed by atoms with Crippen LogP contribution in [-0.4, -0.2) is 71.1 Å². The average molecular weight is 599 g/mol. The van der Waals surface area contributed by atoms with E-state index in [1.165, 1.54) is 6.07 Å². The standard InChI is InChI=1S/C30H35FN4O6S/c1-3-40-29(38)27-17(2)33-24-6-5-21(14-22(24)27)41-16-20(36)15-32-19-8-10-35(11-9-19)25-7-4-18(12-23(25)31)13-26-28(37)34-30(39)42-26/h4-7,12,14,19-20,32-33,36-37H,3,8-11,13,15-16H2,1-2H3,(H,34,39)/t20-/m0/s1. The molecule has 1 atom stereocenters. The third-order valence-electron chi connectivity index (χ3n) is 7.43. The van der Waals surface area contributed by atoms with Crippen molar-refractivity contribution in [2.45, 2.75) is 45.3 Å². The Bertz CT molecular complexity index is 1610. The molecule has 12 heteroatoms. The normalized spacial score (nSPS) is 14.8. The highest BCUT2D eigenvalue weighted by Gasteiger charge is 2.23. The number of nitrogens with zero attached hydrogens (tertiary/aromatic N) is 1. The van der Waals surface area contributed by atoms with E-state index in [1.807, 2.05) is 24.0 Å². The van der Waals surface area contributed by atoms with Gasteiger partial charge in [-0.25, -0.2) is 9.18 Å². The summed E-state index contributed by atoms with van der Waals surface area (Å²) >= 11 is 0.917. The summed E-state index contributed by atoms with van der Waals surface area (Å²) in [4.78, 5) is 31.4. The molecule has 0 radical (unpaired) electrons. The molecule has 0 spiro atoms. The van der Waals surface area contributed by atoms with Crippen LogP contribution >= 0.6 is 11.3 Å². The minimum atomic E-state index is -0.737. The van der Waals surface area contributed by atoms with Crippen LogP contribution < -0.4 is 19.8 Å². The van der Waals surface area contributed by atoms with Crippen LogP contribution in [0, 0.1) is 12.7 Å². The molecule has 3 heterocycles. The fraction of sp³-hybridized carbons (Fsp3) is 0.400. The lowest BCUT2D eigenvalue weighted by atomic mass is 10.0. The zero-order chi connectivity index (χ0) is 29.8. The van der Waals surface area contributed by atoms with Crippen LogP contribution in [0.3, 0.4) is 0 Å². The number of nitrogens with one attached hydrogen (secondary N) is 3. The van der Waals surface area contributed by atoms with Crippen LogP contribution in [0.4, 0.5) is 10.1 Å². The van der Waals surface area contributed by atoms with E-state index in [-0.39, 0.29) is 48.2 Å². The number of piperidine rings is 1. The molecular weight excluding hydrogens is 563 g/mol. The van der Waals surface area contributed by atoms with E-state index in [1.54, 1.807) is 25.1 Å². The minimum absolute atomic E-state index is 0.0878. The van der Waals surface area contributed by atoms with E-state index in [0.717, 1.165) is 35.4 Å². The number of aromatic hydroxyl groups is 1. The molecule has 0 saturated carbocycles. The summed E-state index contributed by atoms with van der Waals surface area (Å²) < 4.78 is 26.0. The van der Waals surface area contributed by atoms with E-state index >= 15 is 0 Å². The summed E-state index contributed by atoms with van der Waals surface area (Å²) in [7, 11) is 0. The number of hydrogen-bond donors (Lipinski definition) is 5. The van der Waals surface area contributed by atoms with Gasteiger partial charge in [0.2, 0.25) is 5.88 Å². The molecule has 42 heavy (non-hydrogen) atoms. The maximum Gasteiger partial charge on any atom is 0.340 e. The number of carbonyl (C=O) groups is 1. The number of aryl methyl sites for hydroxylation is 1. The number of thiazole rings is 1. The Morgan fingerprint density at radius 3 is 2.69 bits per heavy atom. The largest absolute Gasteiger partial charge is 0.494 e. The van der Waals surface area contributed by atoms with Gasteiger partial charge in [0.05, 0.1) is 22.7 Å². The number of aromatic nitrogens is 2. The van der Waals surface area contributed by atoms with Crippen LogP contribution in [-0.2, 0) is 11.2 Å². The van der Waals surface area contributed by atoms with Crippen molar-refractivity contribution < 1.29 is 28.9 Å². The van der Waals surface area contributed by atoms with Gasteiger partial charge >= 0.3 is 10.8 Å². The number of aliphatic hydroxyl groups is 1. The predicted molar refractivity (Wildman–Crippen MR) is 160 cm³/mol. The number of H-pyrrole nitrogens is 2. The molecule has 2 aromatic carbocycles. The first kappa shape index (κ1) is 29.6. The quantitative estimate of drug-likeness (QED) is 0.164. The van der Waals surface area contributed by atoms with Crippen LogP contribution in [0.5, 0.6) is 11.6 Å². The van der Waals surface area contributed by atoms with Gasteiger partial charge in [-0.15, -0.1) is 0 Å². The molecule has 2 aromatic heterocycles. The lowest BCUT2D eigenvalue weighted by Gasteiger charge is -2.34. The van der Waals surface area contributed by atoms with Gasteiger partial charge in [0.15, 0.2) is 0 Å². The Hall–Kier alpha value is -3.87. The van der Waals surface area contributed by atoms with Gasteiger partial charge in [-0.05, 0) is 62.6 Å². The van der Waals surface area contributed by atoms with Crippen molar-refractivity contribution in [3.8, 4) is 11.6 Å². The molecule has 1 aliphatic heterocycles. The van der Waals surface area contributed by atoms with Crippen molar-refractivity contribution in [3.05, 3.63) is 73.6 Å². The SMILES string of the molecule is CCOC(=O)c1c(C)[nH]c2ccc(OC[C@@H](O)CNC3CCN(c4ccc(Cc5sc(=O)[nH]c5O)cc4F)CC3)cc12. The number of aromatic amines is 2. The first-order valence-corrected chi connectivity index (χ1v) is 14.8. The van der Waals surface area contributed by atoms with Crippen molar-refractivity contribution in [1.29, 1.82) is 0 Å². The smallest absolute Gasteiger partial charge is 0.340 e. The Labute approximate surface area is 246 Å². The van der Waals surface area contributed by atoms with Crippen LogP contribution in [0.1, 0.15) is 46.3 Å². The lowest BCUT2D eigenvalue weighted by Crippen LogP contribution is -2.45. The number of esters is 1. The number of benzene rings is 2. The molecule has 10 nitrogen and oxygen atoms in total. The molecule has 1 fully saturated rings. The van der Waals surface area contributed by atoms with Crippen molar-refractivity contribution in [3.63, 3.8) is 0 Å². The molecule has 224 valence electrons. The van der Waals surface area contributed by atoms with Crippen LogP contribution in [0.25, 0.3) is 10.9 Å². The second-order valence-electron chi connectivity index (χ2n) is 10.4. The van der Waals surface area contributed by atoms with Crippen molar-refractivity contribution >= 4 is 33.9 Å². The Balaban J connectivity index is 1.08. The molecule has 5 N–H and O–H groups in total. The molecule has 1 saturated heterocycles. The molecule has 0 amide bonds. The first-order chi connectivity index (χ1) is 20.2. The van der Waals surface area contributed by atoms with Crippen molar-refractivity contribution in [1.82, 2.24) is 15.3 Å². The lowest BCUT2D eigenvalue weighted by molar-refractivity contribution is 0.0528. The molecule has 0 unspecified atom stereocenters. The fourth-order valence-electron chi connectivity index (χ4n) is 5.31. The van der Waals surface area contributed by atoms with E-state index in [2.05, 4.69) is 15.3 Å². The molecule has 0 aliphatic carbocycles. The summed E-state index contributed by atoms with van der Waals surface area (Å²) in [5, 5.41) is 24.4. The Kier molecular flexibility index (Phi) is 9.15. The molecule has 1 aliphatic rings. The van der Waals surface area contributed by atoms with E-state index in [9.17, 15) is 24.2 Å². The van der Waals surface area contributed by atoms with Gasteiger partial charge in [-0.1, -0.05) is 17.4 Å². The summed E-state index contributed by atoms with van der Waals surface area (Å²) in [6, 6.07) is 10.6. The average Bonchev–Trinajstić information content (AvgIpc) is 3.47.